The van der Waals surface area contributed by atoms with Crippen LogP contribution in [0, 0.1) is 0 Å². The molecule has 6 heteroatoms. The van der Waals surface area contributed by atoms with Gasteiger partial charge in [-0.1, -0.05) is 234 Å². The maximum absolute atomic E-state index is 12.8. The first kappa shape index (κ1) is 65.6. The van der Waals surface area contributed by atoms with Crippen molar-refractivity contribution in [3.63, 3.8) is 0 Å². The van der Waals surface area contributed by atoms with Gasteiger partial charge in [-0.25, -0.2) is 0 Å². The van der Waals surface area contributed by atoms with Crippen LogP contribution < -0.4 is 0 Å². The zero-order chi connectivity index (χ0) is 50.0. The number of carbonyl (C=O) groups excluding carboxylic acids is 3. The third kappa shape index (κ3) is 55.4. The van der Waals surface area contributed by atoms with Gasteiger partial charge in [-0.3, -0.25) is 14.4 Å². The van der Waals surface area contributed by atoms with Gasteiger partial charge < -0.3 is 14.2 Å². The molecule has 0 aromatic heterocycles. The van der Waals surface area contributed by atoms with Crippen LogP contribution in [0.5, 0.6) is 0 Å². The number of ether oxygens (including phenoxy) is 3. The monoisotopic (exact) mass is 961 g/mol. The molecule has 0 aromatic rings. The number of carbonyl (C=O) groups is 3. The van der Waals surface area contributed by atoms with Crippen LogP contribution in [0.25, 0.3) is 0 Å². The Hall–Kier alpha value is -3.41. The molecule has 1 unspecified atom stereocenters. The minimum absolute atomic E-state index is 0.102. The van der Waals surface area contributed by atoms with Crippen LogP contribution in [-0.2, 0) is 28.6 Å². The Bertz CT molecular complexity index is 1330. The van der Waals surface area contributed by atoms with Gasteiger partial charge in [0.25, 0.3) is 0 Å². The fourth-order valence-electron chi connectivity index (χ4n) is 8.00. The quantitative estimate of drug-likeness (QED) is 0.0262. The van der Waals surface area contributed by atoms with Gasteiger partial charge in [0.05, 0.1) is 0 Å². The van der Waals surface area contributed by atoms with Gasteiger partial charge in [-0.2, -0.15) is 0 Å². The minimum atomic E-state index is -0.811. The highest BCUT2D eigenvalue weighted by Crippen LogP contribution is 2.15. The van der Waals surface area contributed by atoms with Crippen LogP contribution in [0.2, 0.25) is 0 Å². The Morgan fingerprint density at radius 3 is 0.942 bits per heavy atom. The molecular formula is C63H108O6. The number of hydrogen-bond acceptors (Lipinski definition) is 6. The zero-order valence-electron chi connectivity index (χ0n) is 45.3. The normalized spacial score (nSPS) is 12.7. The molecule has 0 fully saturated rings. The number of unbranched alkanes of at least 4 members (excludes halogenated alkanes) is 27. The number of allylic oxidation sites excluding steroid dienone is 14. The van der Waals surface area contributed by atoms with E-state index >= 15 is 0 Å². The van der Waals surface area contributed by atoms with Gasteiger partial charge in [0.2, 0.25) is 0 Å². The fourth-order valence-corrected chi connectivity index (χ4v) is 8.00. The number of rotatable bonds is 52. The standard InChI is InChI=1S/C63H108O6/c1-4-7-10-13-16-19-22-25-28-30-31-33-35-38-41-44-47-50-53-56-62(65)68-59-60(58-67-61(64)55-52-49-46-43-40-37-34-27-24-21-18-15-12-9-6-3)69-63(66)57-54-51-48-45-42-39-36-32-29-26-23-20-17-14-11-8-5-2/h8,11,17,20,25-29,34,36,39,45,48,60H,4-7,9-10,12-16,18-19,21-24,30-33,35,37-38,40-44,46-47,49-59H2,1-3H3/b11-8-,20-17-,28-25-,29-26-,34-27-,39-36-,48-45-. The van der Waals surface area contributed by atoms with E-state index in [0.717, 1.165) is 83.5 Å². The second-order valence-electron chi connectivity index (χ2n) is 19.2. The first-order chi connectivity index (χ1) is 34.0. The van der Waals surface area contributed by atoms with Crippen molar-refractivity contribution < 1.29 is 28.6 Å². The molecule has 0 rings (SSSR count). The van der Waals surface area contributed by atoms with Crippen molar-refractivity contribution in [2.45, 2.75) is 284 Å². The van der Waals surface area contributed by atoms with Crippen molar-refractivity contribution in [2.75, 3.05) is 13.2 Å². The van der Waals surface area contributed by atoms with Crippen LogP contribution in [0.1, 0.15) is 278 Å². The number of esters is 3. The molecule has 396 valence electrons. The molecule has 0 spiro atoms. The van der Waals surface area contributed by atoms with Crippen molar-refractivity contribution >= 4 is 17.9 Å². The van der Waals surface area contributed by atoms with Gasteiger partial charge in [-0.05, 0) is 109 Å². The minimum Gasteiger partial charge on any atom is -0.462 e. The summed E-state index contributed by atoms with van der Waals surface area (Å²) in [6.07, 6.45) is 74.4. The second kappa shape index (κ2) is 57.2. The van der Waals surface area contributed by atoms with Crippen LogP contribution in [0.15, 0.2) is 85.1 Å². The van der Waals surface area contributed by atoms with Gasteiger partial charge in [-0.15, -0.1) is 0 Å². The highest BCUT2D eigenvalue weighted by atomic mass is 16.6. The third-order valence-corrected chi connectivity index (χ3v) is 12.4. The molecule has 0 radical (unpaired) electrons. The Morgan fingerprint density at radius 2 is 0.580 bits per heavy atom. The molecule has 0 aromatic carbocycles. The van der Waals surface area contributed by atoms with Crippen LogP contribution in [0.4, 0.5) is 0 Å². The summed E-state index contributed by atoms with van der Waals surface area (Å²) in [4.78, 5) is 38.1. The number of hydrogen-bond donors (Lipinski definition) is 0. The van der Waals surface area contributed by atoms with E-state index in [1.165, 1.54) is 148 Å². The Balaban J connectivity index is 4.46. The SMILES string of the molecule is CC/C=C\C/C=C\C/C=C\C/C=C\C/C=C\CCCC(=O)OC(COC(=O)CCCCCCC/C=C\CCCCCCCC)COC(=O)CCCCCCCCCCC/C=C\CCCCCCCC. The Morgan fingerprint density at radius 1 is 0.304 bits per heavy atom. The van der Waals surface area contributed by atoms with Crippen molar-refractivity contribution in [1.82, 2.24) is 0 Å². The molecule has 0 saturated carbocycles. The summed E-state index contributed by atoms with van der Waals surface area (Å²) in [5.41, 5.74) is 0. The van der Waals surface area contributed by atoms with E-state index in [4.69, 9.17) is 14.2 Å². The molecular weight excluding hydrogens is 853 g/mol. The maximum atomic E-state index is 12.8. The van der Waals surface area contributed by atoms with E-state index in [2.05, 4.69) is 106 Å². The lowest BCUT2D eigenvalue weighted by Gasteiger charge is -2.18. The van der Waals surface area contributed by atoms with Crippen molar-refractivity contribution in [2.24, 2.45) is 0 Å². The summed E-state index contributed by atoms with van der Waals surface area (Å²) >= 11 is 0. The first-order valence-electron chi connectivity index (χ1n) is 29.1. The molecule has 0 aliphatic carbocycles. The molecule has 6 nitrogen and oxygen atoms in total. The predicted molar refractivity (Wildman–Crippen MR) is 297 cm³/mol. The summed E-state index contributed by atoms with van der Waals surface area (Å²) in [6.45, 7) is 6.48. The largest absolute Gasteiger partial charge is 0.462 e. The summed E-state index contributed by atoms with van der Waals surface area (Å²) in [5.74, 6) is -0.966. The highest BCUT2D eigenvalue weighted by molar-refractivity contribution is 5.71. The smallest absolute Gasteiger partial charge is 0.306 e. The lowest BCUT2D eigenvalue weighted by molar-refractivity contribution is -0.167. The van der Waals surface area contributed by atoms with Crippen LogP contribution >= 0.6 is 0 Å². The van der Waals surface area contributed by atoms with Crippen LogP contribution in [0.3, 0.4) is 0 Å². The van der Waals surface area contributed by atoms with E-state index < -0.39 is 6.10 Å². The first-order valence-corrected chi connectivity index (χ1v) is 29.1. The third-order valence-electron chi connectivity index (χ3n) is 12.4. The summed E-state index contributed by atoms with van der Waals surface area (Å²) in [6, 6.07) is 0. The van der Waals surface area contributed by atoms with Crippen molar-refractivity contribution in [3.8, 4) is 0 Å². The maximum Gasteiger partial charge on any atom is 0.306 e. The van der Waals surface area contributed by atoms with E-state index in [-0.39, 0.29) is 37.5 Å². The summed E-state index contributed by atoms with van der Waals surface area (Å²) in [7, 11) is 0. The van der Waals surface area contributed by atoms with E-state index in [0.29, 0.717) is 19.3 Å². The topological polar surface area (TPSA) is 78.9 Å². The van der Waals surface area contributed by atoms with Crippen molar-refractivity contribution in [1.29, 1.82) is 0 Å². The summed E-state index contributed by atoms with van der Waals surface area (Å²) in [5, 5.41) is 0. The molecule has 1 atom stereocenters. The molecule has 0 heterocycles. The van der Waals surface area contributed by atoms with Gasteiger partial charge in [0, 0.05) is 19.3 Å². The Kier molecular flexibility index (Phi) is 54.3. The van der Waals surface area contributed by atoms with Crippen molar-refractivity contribution in [3.05, 3.63) is 85.1 Å². The molecule has 0 aliphatic rings. The average molecular weight is 962 g/mol. The lowest BCUT2D eigenvalue weighted by Crippen LogP contribution is -2.30. The molecule has 0 N–H and O–H groups in total. The molecule has 0 bridgehead atoms. The van der Waals surface area contributed by atoms with Crippen LogP contribution in [-0.4, -0.2) is 37.2 Å². The molecule has 0 saturated heterocycles. The molecule has 0 aliphatic heterocycles. The summed E-state index contributed by atoms with van der Waals surface area (Å²) < 4.78 is 16.8. The van der Waals surface area contributed by atoms with E-state index in [1.807, 2.05) is 0 Å². The average Bonchev–Trinajstić information content (AvgIpc) is 3.35. The highest BCUT2D eigenvalue weighted by Gasteiger charge is 2.19. The molecule has 69 heavy (non-hydrogen) atoms. The lowest BCUT2D eigenvalue weighted by atomic mass is 10.1. The fraction of sp³-hybridized carbons (Fsp3) is 0.730. The van der Waals surface area contributed by atoms with Gasteiger partial charge in [0.15, 0.2) is 6.10 Å². The molecule has 0 amide bonds. The van der Waals surface area contributed by atoms with E-state index in [9.17, 15) is 14.4 Å². The second-order valence-corrected chi connectivity index (χ2v) is 19.2. The van der Waals surface area contributed by atoms with E-state index in [1.54, 1.807) is 0 Å². The van der Waals surface area contributed by atoms with Gasteiger partial charge in [0.1, 0.15) is 13.2 Å². The zero-order valence-corrected chi connectivity index (χ0v) is 45.3. The predicted octanol–water partition coefficient (Wildman–Crippen LogP) is 19.5. The van der Waals surface area contributed by atoms with Gasteiger partial charge >= 0.3 is 17.9 Å². The Labute approximate surface area is 426 Å².